The second kappa shape index (κ2) is 5.41. The molecular weight excluding hydrogens is 278 g/mol. The van der Waals surface area contributed by atoms with Crippen LogP contribution in [0.2, 0.25) is 0 Å². The van der Waals surface area contributed by atoms with Crippen LogP contribution in [0.15, 0.2) is 23.1 Å². The molecule has 7 heteroatoms. The van der Waals surface area contributed by atoms with Gasteiger partial charge in [-0.25, -0.2) is 12.7 Å². The highest BCUT2D eigenvalue weighted by Crippen LogP contribution is 2.27. The first-order valence-corrected chi connectivity index (χ1v) is 7.89. The number of hydrogen-bond donors (Lipinski definition) is 1. The molecule has 110 valence electrons. The molecule has 20 heavy (non-hydrogen) atoms. The molecule has 1 aromatic rings. The zero-order valence-corrected chi connectivity index (χ0v) is 12.5. The van der Waals surface area contributed by atoms with Gasteiger partial charge >= 0.3 is 0 Å². The van der Waals surface area contributed by atoms with Crippen LogP contribution >= 0.6 is 0 Å². The summed E-state index contributed by atoms with van der Waals surface area (Å²) in [7, 11) is -0.662. The quantitative estimate of drug-likeness (QED) is 0.884. The van der Waals surface area contributed by atoms with E-state index >= 15 is 0 Å². The number of carbonyl (C=O) groups is 1. The Morgan fingerprint density at radius 3 is 2.35 bits per heavy atom. The lowest BCUT2D eigenvalue weighted by atomic mass is 10.1. The van der Waals surface area contributed by atoms with Crippen LogP contribution < -0.4 is 10.6 Å². The van der Waals surface area contributed by atoms with Gasteiger partial charge in [0.25, 0.3) is 5.91 Å². The third-order valence-corrected chi connectivity index (χ3v) is 5.27. The van der Waals surface area contributed by atoms with Crippen LogP contribution in [0.4, 0.5) is 5.69 Å². The van der Waals surface area contributed by atoms with Crippen molar-refractivity contribution in [2.24, 2.45) is 5.73 Å². The van der Waals surface area contributed by atoms with E-state index in [0.717, 1.165) is 30.2 Å². The summed E-state index contributed by atoms with van der Waals surface area (Å²) in [5.41, 5.74) is 6.37. The van der Waals surface area contributed by atoms with Gasteiger partial charge in [0.1, 0.15) is 0 Å². The molecule has 1 saturated heterocycles. The Labute approximate surface area is 119 Å². The number of nitrogens with two attached hydrogens (primary N) is 1. The zero-order chi connectivity index (χ0) is 14.9. The van der Waals surface area contributed by atoms with Crippen molar-refractivity contribution in [3.8, 4) is 0 Å². The van der Waals surface area contributed by atoms with Gasteiger partial charge in [-0.05, 0) is 31.0 Å². The fourth-order valence-corrected chi connectivity index (χ4v) is 3.25. The largest absolute Gasteiger partial charge is 0.371 e. The summed E-state index contributed by atoms with van der Waals surface area (Å²) in [5.74, 6) is -0.609. The molecule has 0 bridgehead atoms. The smallest absolute Gasteiger partial charge is 0.250 e. The fourth-order valence-electron chi connectivity index (χ4n) is 2.32. The Bertz CT molecular complexity index is 620. The van der Waals surface area contributed by atoms with Crippen molar-refractivity contribution >= 4 is 21.6 Å². The second-order valence-electron chi connectivity index (χ2n) is 5.02. The first-order chi connectivity index (χ1) is 9.34. The third kappa shape index (κ3) is 2.64. The minimum Gasteiger partial charge on any atom is -0.371 e. The van der Waals surface area contributed by atoms with Crippen LogP contribution in [0.5, 0.6) is 0 Å². The van der Waals surface area contributed by atoms with Crippen molar-refractivity contribution in [1.29, 1.82) is 0 Å². The molecule has 2 N–H and O–H groups in total. The maximum Gasteiger partial charge on any atom is 0.250 e. The molecule has 0 unspecified atom stereocenters. The Hall–Kier alpha value is -1.60. The summed E-state index contributed by atoms with van der Waals surface area (Å²) in [6.45, 7) is 1.72. The summed E-state index contributed by atoms with van der Waals surface area (Å²) < 4.78 is 25.3. The van der Waals surface area contributed by atoms with Crippen LogP contribution in [0.3, 0.4) is 0 Å². The summed E-state index contributed by atoms with van der Waals surface area (Å²) in [5, 5.41) is 0. The van der Waals surface area contributed by atoms with Crippen LogP contribution in [-0.2, 0) is 10.0 Å². The van der Waals surface area contributed by atoms with Gasteiger partial charge in [0.2, 0.25) is 10.0 Å². The number of amides is 1. The molecule has 1 aliphatic rings. The van der Waals surface area contributed by atoms with E-state index in [1.54, 1.807) is 6.07 Å². The highest BCUT2D eigenvalue weighted by atomic mass is 32.2. The average molecular weight is 297 g/mol. The van der Waals surface area contributed by atoms with Crippen LogP contribution in [0.25, 0.3) is 0 Å². The molecule has 6 nitrogen and oxygen atoms in total. The van der Waals surface area contributed by atoms with E-state index in [4.69, 9.17) is 5.73 Å². The van der Waals surface area contributed by atoms with Crippen LogP contribution in [0.1, 0.15) is 23.2 Å². The highest BCUT2D eigenvalue weighted by molar-refractivity contribution is 7.89. The summed E-state index contributed by atoms with van der Waals surface area (Å²) in [6, 6.07) is 4.56. The molecule has 0 aromatic heterocycles. The number of benzene rings is 1. The normalized spacial score (nSPS) is 15.8. The minimum absolute atomic E-state index is 0.0826. The molecule has 1 aromatic carbocycles. The predicted octanol–water partition coefficient (Wildman–Crippen LogP) is 0.636. The highest BCUT2D eigenvalue weighted by Gasteiger charge is 2.23. The monoisotopic (exact) mass is 297 g/mol. The average Bonchev–Trinajstić information content (AvgIpc) is 2.91. The Balaban J connectivity index is 2.51. The van der Waals surface area contributed by atoms with E-state index in [1.807, 2.05) is 0 Å². The minimum atomic E-state index is -3.57. The Morgan fingerprint density at radius 1 is 1.25 bits per heavy atom. The molecule has 1 heterocycles. The van der Waals surface area contributed by atoms with E-state index < -0.39 is 15.9 Å². The maximum atomic E-state index is 12.1. The zero-order valence-electron chi connectivity index (χ0n) is 11.7. The number of sulfonamides is 1. The molecule has 1 fully saturated rings. The maximum absolute atomic E-state index is 12.1. The number of nitrogens with zero attached hydrogens (tertiary/aromatic N) is 2. The van der Waals surface area contributed by atoms with E-state index in [9.17, 15) is 13.2 Å². The SMILES string of the molecule is CN(C)S(=O)(=O)c1ccc(N2CCCC2)c(C(N)=O)c1. The number of hydrogen-bond acceptors (Lipinski definition) is 4. The molecule has 0 radical (unpaired) electrons. The molecule has 0 aliphatic carbocycles. The van der Waals surface area contributed by atoms with Crippen molar-refractivity contribution in [2.45, 2.75) is 17.7 Å². The van der Waals surface area contributed by atoms with Crippen LogP contribution in [0, 0.1) is 0 Å². The van der Waals surface area contributed by atoms with Gasteiger partial charge in [-0.15, -0.1) is 0 Å². The van der Waals surface area contributed by atoms with Gasteiger partial charge in [-0.3, -0.25) is 4.79 Å². The fraction of sp³-hybridized carbons (Fsp3) is 0.462. The van der Waals surface area contributed by atoms with E-state index in [0.29, 0.717) is 5.69 Å². The van der Waals surface area contributed by atoms with E-state index in [1.165, 1.54) is 26.2 Å². The summed E-state index contributed by atoms with van der Waals surface area (Å²) >= 11 is 0. The molecule has 0 spiro atoms. The Kier molecular flexibility index (Phi) is 4.01. The van der Waals surface area contributed by atoms with Gasteiger partial charge in [-0.1, -0.05) is 0 Å². The molecule has 1 aliphatic heterocycles. The third-order valence-electron chi connectivity index (χ3n) is 3.46. The Morgan fingerprint density at radius 2 is 1.85 bits per heavy atom. The van der Waals surface area contributed by atoms with Crippen molar-refractivity contribution in [3.63, 3.8) is 0 Å². The first-order valence-electron chi connectivity index (χ1n) is 6.45. The lowest BCUT2D eigenvalue weighted by Gasteiger charge is -2.21. The van der Waals surface area contributed by atoms with Gasteiger partial charge in [0.05, 0.1) is 10.5 Å². The predicted molar refractivity (Wildman–Crippen MR) is 77.3 cm³/mol. The molecule has 0 saturated carbocycles. The van der Waals surface area contributed by atoms with Gasteiger partial charge < -0.3 is 10.6 Å². The van der Waals surface area contributed by atoms with Gasteiger partial charge in [-0.2, -0.15) is 0 Å². The lowest BCUT2D eigenvalue weighted by molar-refractivity contribution is 0.100. The molecular formula is C13H19N3O3S. The number of rotatable bonds is 4. The van der Waals surface area contributed by atoms with Gasteiger partial charge in [0, 0.05) is 32.9 Å². The van der Waals surface area contributed by atoms with Crippen molar-refractivity contribution in [2.75, 3.05) is 32.1 Å². The van der Waals surface area contributed by atoms with Gasteiger partial charge in [0.15, 0.2) is 0 Å². The number of anilines is 1. The van der Waals surface area contributed by atoms with E-state index in [-0.39, 0.29) is 10.5 Å². The van der Waals surface area contributed by atoms with Crippen molar-refractivity contribution < 1.29 is 13.2 Å². The topological polar surface area (TPSA) is 83.7 Å². The molecule has 1 amide bonds. The molecule has 0 atom stereocenters. The van der Waals surface area contributed by atoms with Crippen molar-refractivity contribution in [1.82, 2.24) is 4.31 Å². The number of carbonyl (C=O) groups excluding carboxylic acids is 1. The lowest BCUT2D eigenvalue weighted by Crippen LogP contribution is -2.25. The van der Waals surface area contributed by atoms with E-state index in [2.05, 4.69) is 4.90 Å². The summed E-state index contributed by atoms with van der Waals surface area (Å²) in [6.07, 6.45) is 2.13. The van der Waals surface area contributed by atoms with Crippen LogP contribution in [-0.4, -0.2) is 45.8 Å². The summed E-state index contributed by atoms with van der Waals surface area (Å²) in [4.78, 5) is 13.8. The number of primary amides is 1. The standard InChI is InChI=1S/C13H19N3O3S/c1-15(2)20(18,19)10-5-6-12(11(9-10)13(14)17)16-7-3-4-8-16/h5-6,9H,3-4,7-8H2,1-2H3,(H2,14,17). The molecule has 2 rings (SSSR count). The first kappa shape index (κ1) is 14.8. The second-order valence-corrected chi connectivity index (χ2v) is 7.18. The van der Waals surface area contributed by atoms with Crippen molar-refractivity contribution in [3.05, 3.63) is 23.8 Å².